The largest absolute Gasteiger partial charge is 0.391 e. The van der Waals surface area contributed by atoms with E-state index in [-0.39, 0.29) is 6.04 Å². The highest BCUT2D eigenvalue weighted by Gasteiger charge is 2.09. The zero-order chi connectivity index (χ0) is 15.1. The third-order valence-corrected chi connectivity index (χ3v) is 3.51. The van der Waals surface area contributed by atoms with Crippen molar-refractivity contribution in [3.8, 4) is 6.07 Å². The van der Waals surface area contributed by atoms with Crippen LogP contribution in [0.3, 0.4) is 0 Å². The fraction of sp³-hybridized carbons (Fsp3) is 0.278. The van der Waals surface area contributed by atoms with Gasteiger partial charge < -0.3 is 10.4 Å². The minimum Gasteiger partial charge on any atom is -0.391 e. The van der Waals surface area contributed by atoms with Gasteiger partial charge in [0.1, 0.15) is 0 Å². The molecule has 0 aliphatic rings. The quantitative estimate of drug-likeness (QED) is 0.855. The Kier molecular flexibility index (Phi) is 5.51. The first-order valence-electron chi connectivity index (χ1n) is 7.14. The van der Waals surface area contributed by atoms with E-state index in [4.69, 9.17) is 5.26 Å². The minimum atomic E-state index is -0.409. The first-order chi connectivity index (χ1) is 10.2. The van der Waals surface area contributed by atoms with Crippen LogP contribution in [-0.2, 0) is 6.42 Å². The van der Waals surface area contributed by atoms with Crippen molar-refractivity contribution in [3.63, 3.8) is 0 Å². The first kappa shape index (κ1) is 15.2. The maximum absolute atomic E-state index is 10.1. The van der Waals surface area contributed by atoms with Crippen LogP contribution < -0.4 is 5.32 Å². The lowest BCUT2D eigenvalue weighted by Gasteiger charge is -2.17. The Labute approximate surface area is 125 Å². The van der Waals surface area contributed by atoms with Crippen molar-refractivity contribution >= 4 is 0 Å². The third kappa shape index (κ3) is 4.71. The maximum atomic E-state index is 10.1. The van der Waals surface area contributed by atoms with Crippen molar-refractivity contribution in [1.29, 1.82) is 5.26 Å². The zero-order valence-corrected chi connectivity index (χ0v) is 12.2. The summed E-state index contributed by atoms with van der Waals surface area (Å²) in [6, 6.07) is 19.7. The van der Waals surface area contributed by atoms with E-state index in [1.165, 1.54) is 0 Å². The number of nitrogens with one attached hydrogen (secondary N) is 1. The molecule has 21 heavy (non-hydrogen) atoms. The van der Waals surface area contributed by atoms with Crippen LogP contribution in [0.2, 0.25) is 0 Å². The normalized spacial score (nSPS) is 13.4. The number of nitriles is 1. The van der Waals surface area contributed by atoms with Gasteiger partial charge in [0.25, 0.3) is 0 Å². The standard InChI is InChI=1S/C18H20N2O/c1-14(17-9-7-16(12-19)8-10-17)20-13-18(21)11-15-5-3-2-4-6-15/h2-10,14,18,20-21H,11,13H2,1H3. The Bertz CT molecular complexity index is 587. The van der Waals surface area contributed by atoms with Crippen LogP contribution in [0.25, 0.3) is 0 Å². The highest BCUT2D eigenvalue weighted by Crippen LogP contribution is 2.13. The monoisotopic (exact) mass is 280 g/mol. The van der Waals surface area contributed by atoms with Crippen molar-refractivity contribution in [2.45, 2.75) is 25.5 Å². The lowest BCUT2D eigenvalue weighted by Crippen LogP contribution is -2.30. The van der Waals surface area contributed by atoms with E-state index in [1.54, 1.807) is 0 Å². The molecule has 2 N–H and O–H groups in total. The fourth-order valence-electron chi connectivity index (χ4n) is 2.24. The smallest absolute Gasteiger partial charge is 0.0991 e. The molecule has 108 valence electrons. The summed E-state index contributed by atoms with van der Waals surface area (Å²) in [6.45, 7) is 2.59. The van der Waals surface area contributed by atoms with E-state index in [9.17, 15) is 5.11 Å². The summed E-state index contributed by atoms with van der Waals surface area (Å²) >= 11 is 0. The van der Waals surface area contributed by atoms with Crippen molar-refractivity contribution in [3.05, 3.63) is 71.3 Å². The van der Waals surface area contributed by atoms with Gasteiger partial charge in [-0.15, -0.1) is 0 Å². The lowest BCUT2D eigenvalue weighted by molar-refractivity contribution is 0.168. The van der Waals surface area contributed by atoms with E-state index in [0.29, 0.717) is 18.5 Å². The second kappa shape index (κ2) is 7.58. The minimum absolute atomic E-state index is 0.142. The fourth-order valence-corrected chi connectivity index (χ4v) is 2.24. The van der Waals surface area contributed by atoms with Gasteiger partial charge in [-0.2, -0.15) is 5.26 Å². The van der Waals surface area contributed by atoms with Crippen LogP contribution in [0.1, 0.15) is 29.7 Å². The van der Waals surface area contributed by atoms with Gasteiger partial charge in [0.05, 0.1) is 17.7 Å². The van der Waals surface area contributed by atoms with Gasteiger partial charge in [-0.05, 0) is 36.6 Å². The molecule has 0 heterocycles. The summed E-state index contributed by atoms with van der Waals surface area (Å²) in [5.74, 6) is 0. The summed E-state index contributed by atoms with van der Waals surface area (Å²) in [6.07, 6.45) is 0.238. The summed E-state index contributed by atoms with van der Waals surface area (Å²) in [5.41, 5.74) is 2.91. The molecular formula is C18H20N2O. The summed E-state index contributed by atoms with van der Waals surface area (Å²) < 4.78 is 0. The van der Waals surface area contributed by atoms with Gasteiger partial charge in [-0.25, -0.2) is 0 Å². The Hall–Kier alpha value is -2.15. The number of rotatable bonds is 6. The number of hydrogen-bond acceptors (Lipinski definition) is 3. The number of hydrogen-bond donors (Lipinski definition) is 2. The molecule has 2 atom stereocenters. The molecule has 0 amide bonds. The van der Waals surface area contributed by atoms with Crippen molar-refractivity contribution in [1.82, 2.24) is 5.32 Å². The Morgan fingerprint density at radius 1 is 1.10 bits per heavy atom. The number of aliphatic hydroxyl groups excluding tert-OH is 1. The molecule has 0 saturated heterocycles. The average Bonchev–Trinajstić information content (AvgIpc) is 2.53. The summed E-state index contributed by atoms with van der Waals surface area (Å²) in [4.78, 5) is 0. The van der Waals surface area contributed by atoms with Crippen molar-refractivity contribution < 1.29 is 5.11 Å². The van der Waals surface area contributed by atoms with E-state index in [1.807, 2.05) is 54.6 Å². The first-order valence-corrected chi connectivity index (χ1v) is 7.14. The summed E-state index contributed by atoms with van der Waals surface area (Å²) in [7, 11) is 0. The van der Waals surface area contributed by atoms with Gasteiger partial charge in [0.2, 0.25) is 0 Å². The van der Waals surface area contributed by atoms with E-state index in [2.05, 4.69) is 18.3 Å². The number of nitrogens with zero attached hydrogens (tertiary/aromatic N) is 1. The second-order valence-electron chi connectivity index (χ2n) is 5.21. The van der Waals surface area contributed by atoms with Gasteiger partial charge >= 0.3 is 0 Å². The molecule has 0 bridgehead atoms. The van der Waals surface area contributed by atoms with Crippen LogP contribution in [0, 0.1) is 11.3 Å². The van der Waals surface area contributed by atoms with E-state index in [0.717, 1.165) is 11.1 Å². The number of benzene rings is 2. The Morgan fingerprint density at radius 2 is 1.76 bits per heavy atom. The van der Waals surface area contributed by atoms with Gasteiger partial charge in [-0.1, -0.05) is 42.5 Å². The molecule has 0 spiro atoms. The molecule has 0 aliphatic carbocycles. The number of aliphatic hydroxyl groups is 1. The molecule has 3 nitrogen and oxygen atoms in total. The highest BCUT2D eigenvalue weighted by molar-refractivity contribution is 5.32. The molecule has 0 radical (unpaired) electrons. The molecule has 0 fully saturated rings. The lowest BCUT2D eigenvalue weighted by atomic mass is 10.1. The topological polar surface area (TPSA) is 56.0 Å². The second-order valence-corrected chi connectivity index (χ2v) is 5.21. The molecule has 2 aromatic carbocycles. The highest BCUT2D eigenvalue weighted by atomic mass is 16.3. The van der Waals surface area contributed by atoms with Crippen LogP contribution in [0.4, 0.5) is 0 Å². The van der Waals surface area contributed by atoms with Crippen molar-refractivity contribution in [2.24, 2.45) is 0 Å². The molecule has 0 saturated carbocycles. The zero-order valence-electron chi connectivity index (χ0n) is 12.2. The predicted octanol–water partition coefficient (Wildman–Crippen LogP) is 2.81. The Morgan fingerprint density at radius 3 is 2.38 bits per heavy atom. The van der Waals surface area contributed by atoms with Crippen LogP contribution in [-0.4, -0.2) is 17.8 Å². The molecular weight excluding hydrogens is 260 g/mol. The van der Waals surface area contributed by atoms with Crippen LogP contribution in [0.5, 0.6) is 0 Å². The average molecular weight is 280 g/mol. The maximum Gasteiger partial charge on any atom is 0.0991 e. The molecule has 0 aromatic heterocycles. The van der Waals surface area contributed by atoms with Crippen LogP contribution >= 0.6 is 0 Å². The van der Waals surface area contributed by atoms with Gasteiger partial charge in [0, 0.05) is 12.6 Å². The molecule has 2 unspecified atom stereocenters. The molecule has 3 heteroatoms. The van der Waals surface area contributed by atoms with E-state index >= 15 is 0 Å². The Balaban J connectivity index is 1.82. The predicted molar refractivity (Wildman–Crippen MR) is 83.7 cm³/mol. The summed E-state index contributed by atoms with van der Waals surface area (Å²) in [5, 5.41) is 22.2. The molecule has 2 rings (SSSR count). The van der Waals surface area contributed by atoms with Gasteiger partial charge in [0.15, 0.2) is 0 Å². The van der Waals surface area contributed by atoms with Gasteiger partial charge in [-0.3, -0.25) is 0 Å². The third-order valence-electron chi connectivity index (χ3n) is 3.51. The molecule has 2 aromatic rings. The molecule has 0 aliphatic heterocycles. The van der Waals surface area contributed by atoms with Crippen LogP contribution in [0.15, 0.2) is 54.6 Å². The SMILES string of the molecule is CC(NCC(O)Cc1ccccc1)c1ccc(C#N)cc1. The van der Waals surface area contributed by atoms with E-state index < -0.39 is 6.10 Å². The van der Waals surface area contributed by atoms with Crippen molar-refractivity contribution in [2.75, 3.05) is 6.54 Å².